The number of ether oxygens (including phenoxy) is 1. The normalized spacial score (nSPS) is 11.0. The molecule has 0 saturated heterocycles. The van der Waals surface area contributed by atoms with E-state index >= 15 is 0 Å². The second-order valence-electron chi connectivity index (χ2n) is 5.46. The van der Waals surface area contributed by atoms with Crippen molar-refractivity contribution in [2.45, 2.75) is 13.1 Å². The number of halogens is 3. The van der Waals surface area contributed by atoms with Crippen molar-refractivity contribution in [3.63, 3.8) is 0 Å². The average Bonchev–Trinajstić information content (AvgIpc) is 2.59. The molecule has 0 bridgehead atoms. The standard InChI is InChI=1S/C17H13F3N2O5/c1-10-8-11(2-7-14(10)22(25)26)16(24)27-9-15(23)21-13-5-3-12(4-6-13)17(18,19)20/h2-8H,9H2,1H3,(H,21,23). The molecule has 7 nitrogen and oxygen atoms in total. The largest absolute Gasteiger partial charge is 0.452 e. The van der Waals surface area contributed by atoms with Gasteiger partial charge in [-0.15, -0.1) is 0 Å². The van der Waals surface area contributed by atoms with Crippen LogP contribution in [0.4, 0.5) is 24.5 Å². The number of nitro groups is 1. The van der Waals surface area contributed by atoms with Gasteiger partial charge in [0, 0.05) is 17.3 Å². The van der Waals surface area contributed by atoms with Crippen molar-refractivity contribution in [3.05, 3.63) is 69.3 Å². The van der Waals surface area contributed by atoms with Gasteiger partial charge in [-0.05, 0) is 43.3 Å². The Kier molecular flexibility index (Phi) is 5.78. The molecule has 0 fully saturated rings. The molecule has 10 heteroatoms. The molecule has 0 saturated carbocycles. The summed E-state index contributed by atoms with van der Waals surface area (Å²) >= 11 is 0. The Bertz CT molecular complexity index is 879. The Hall–Kier alpha value is -3.43. The Morgan fingerprint density at radius 2 is 1.78 bits per heavy atom. The summed E-state index contributed by atoms with van der Waals surface area (Å²) in [6.07, 6.45) is -4.49. The fourth-order valence-electron chi connectivity index (χ4n) is 2.14. The summed E-state index contributed by atoms with van der Waals surface area (Å²) in [4.78, 5) is 33.8. The number of hydrogen-bond donors (Lipinski definition) is 1. The van der Waals surface area contributed by atoms with Crippen LogP contribution < -0.4 is 5.32 Å². The number of carbonyl (C=O) groups is 2. The number of esters is 1. The van der Waals surface area contributed by atoms with Crippen LogP contribution in [0, 0.1) is 17.0 Å². The van der Waals surface area contributed by atoms with Crippen LogP contribution in [0.3, 0.4) is 0 Å². The lowest BCUT2D eigenvalue weighted by Crippen LogP contribution is -2.21. The second kappa shape index (κ2) is 7.85. The minimum atomic E-state index is -4.49. The van der Waals surface area contributed by atoms with E-state index in [0.717, 1.165) is 30.3 Å². The van der Waals surface area contributed by atoms with E-state index in [1.165, 1.54) is 19.1 Å². The first-order valence-corrected chi connectivity index (χ1v) is 7.47. The molecule has 0 radical (unpaired) electrons. The summed E-state index contributed by atoms with van der Waals surface area (Å²) in [7, 11) is 0. The van der Waals surface area contributed by atoms with E-state index in [-0.39, 0.29) is 22.5 Å². The third-order valence-corrected chi connectivity index (χ3v) is 3.46. The highest BCUT2D eigenvalue weighted by Crippen LogP contribution is 2.29. The number of rotatable bonds is 5. The van der Waals surface area contributed by atoms with Crippen molar-refractivity contribution in [2.24, 2.45) is 0 Å². The fourth-order valence-corrected chi connectivity index (χ4v) is 2.14. The molecule has 0 unspecified atom stereocenters. The molecule has 0 aliphatic carbocycles. The third kappa shape index (κ3) is 5.27. The highest BCUT2D eigenvalue weighted by molar-refractivity contribution is 5.95. The summed E-state index contributed by atoms with van der Waals surface area (Å²) in [5.41, 5.74) is -0.633. The molecule has 0 atom stereocenters. The first-order chi connectivity index (χ1) is 12.6. The van der Waals surface area contributed by atoms with E-state index in [0.29, 0.717) is 0 Å². The third-order valence-electron chi connectivity index (χ3n) is 3.46. The Labute approximate surface area is 150 Å². The first-order valence-electron chi connectivity index (χ1n) is 7.47. The number of aryl methyl sites for hydroxylation is 1. The highest BCUT2D eigenvalue weighted by Gasteiger charge is 2.30. The lowest BCUT2D eigenvalue weighted by Gasteiger charge is -2.09. The van der Waals surface area contributed by atoms with Crippen molar-refractivity contribution in [1.29, 1.82) is 0 Å². The molecule has 27 heavy (non-hydrogen) atoms. The molecular formula is C17H13F3N2O5. The molecule has 2 aromatic rings. The molecule has 142 valence electrons. The van der Waals surface area contributed by atoms with Crippen molar-refractivity contribution >= 4 is 23.3 Å². The lowest BCUT2D eigenvalue weighted by molar-refractivity contribution is -0.385. The van der Waals surface area contributed by atoms with Crippen molar-refractivity contribution in [3.8, 4) is 0 Å². The van der Waals surface area contributed by atoms with Crippen molar-refractivity contribution < 1.29 is 32.4 Å². The molecular weight excluding hydrogens is 369 g/mol. The van der Waals surface area contributed by atoms with E-state index < -0.39 is 35.1 Å². The highest BCUT2D eigenvalue weighted by atomic mass is 19.4. The van der Waals surface area contributed by atoms with Crippen LogP contribution >= 0.6 is 0 Å². The Morgan fingerprint density at radius 3 is 2.30 bits per heavy atom. The maximum atomic E-state index is 12.5. The maximum absolute atomic E-state index is 12.5. The van der Waals surface area contributed by atoms with E-state index in [1.54, 1.807) is 0 Å². The van der Waals surface area contributed by atoms with Gasteiger partial charge in [0.2, 0.25) is 0 Å². The molecule has 0 aliphatic heterocycles. The second-order valence-corrected chi connectivity index (χ2v) is 5.46. The summed E-state index contributed by atoms with van der Waals surface area (Å²) < 4.78 is 42.2. The van der Waals surface area contributed by atoms with Gasteiger partial charge in [0.1, 0.15) is 0 Å². The summed E-state index contributed by atoms with van der Waals surface area (Å²) in [5, 5.41) is 13.0. The molecule has 2 rings (SSSR count). The minimum absolute atomic E-state index is 0.0282. The van der Waals surface area contributed by atoms with E-state index in [2.05, 4.69) is 5.32 Å². The van der Waals surface area contributed by atoms with Crippen LogP contribution in [0.1, 0.15) is 21.5 Å². The van der Waals surface area contributed by atoms with Gasteiger partial charge in [0.25, 0.3) is 11.6 Å². The van der Waals surface area contributed by atoms with Gasteiger partial charge >= 0.3 is 12.1 Å². The predicted molar refractivity (Wildman–Crippen MR) is 88.2 cm³/mol. The predicted octanol–water partition coefficient (Wildman–Crippen LogP) is 3.72. The van der Waals surface area contributed by atoms with Crippen LogP contribution in [0.2, 0.25) is 0 Å². The van der Waals surface area contributed by atoms with E-state index in [1.807, 2.05) is 0 Å². The molecule has 1 amide bonds. The molecule has 0 heterocycles. The summed E-state index contributed by atoms with van der Waals surface area (Å²) in [6, 6.07) is 7.36. The van der Waals surface area contributed by atoms with Gasteiger partial charge in [-0.2, -0.15) is 13.2 Å². The van der Waals surface area contributed by atoms with Gasteiger partial charge in [-0.1, -0.05) is 0 Å². The Balaban J connectivity index is 1.92. The number of anilines is 1. The van der Waals surface area contributed by atoms with Gasteiger partial charge in [0.15, 0.2) is 6.61 Å². The number of nitrogens with zero attached hydrogens (tertiary/aromatic N) is 1. The zero-order chi connectivity index (χ0) is 20.2. The monoisotopic (exact) mass is 382 g/mol. The van der Waals surface area contributed by atoms with Crippen molar-refractivity contribution in [2.75, 3.05) is 11.9 Å². The molecule has 0 aliphatic rings. The minimum Gasteiger partial charge on any atom is -0.452 e. The van der Waals surface area contributed by atoms with Gasteiger partial charge < -0.3 is 10.1 Å². The van der Waals surface area contributed by atoms with Crippen LogP contribution in [0.25, 0.3) is 0 Å². The topological polar surface area (TPSA) is 98.5 Å². The van der Waals surface area contributed by atoms with Gasteiger partial charge in [-0.3, -0.25) is 14.9 Å². The number of carbonyl (C=O) groups excluding carboxylic acids is 2. The molecule has 1 N–H and O–H groups in total. The van der Waals surface area contributed by atoms with Gasteiger partial charge in [0.05, 0.1) is 16.1 Å². The number of benzene rings is 2. The Morgan fingerprint density at radius 1 is 1.15 bits per heavy atom. The molecule has 0 spiro atoms. The van der Waals surface area contributed by atoms with E-state index in [4.69, 9.17) is 4.74 Å². The zero-order valence-corrected chi connectivity index (χ0v) is 13.9. The first kappa shape index (κ1) is 19.9. The zero-order valence-electron chi connectivity index (χ0n) is 13.9. The van der Waals surface area contributed by atoms with Gasteiger partial charge in [-0.25, -0.2) is 4.79 Å². The fraction of sp³-hybridized carbons (Fsp3) is 0.176. The number of nitro benzene ring substituents is 1. The van der Waals surface area contributed by atoms with Crippen molar-refractivity contribution in [1.82, 2.24) is 0 Å². The quantitative estimate of drug-likeness (QED) is 0.483. The maximum Gasteiger partial charge on any atom is 0.416 e. The van der Waals surface area contributed by atoms with Crippen LogP contribution in [-0.4, -0.2) is 23.4 Å². The number of hydrogen-bond acceptors (Lipinski definition) is 5. The van der Waals surface area contributed by atoms with Crippen LogP contribution in [0.5, 0.6) is 0 Å². The number of nitrogens with one attached hydrogen (secondary N) is 1. The SMILES string of the molecule is Cc1cc(C(=O)OCC(=O)Nc2ccc(C(F)(F)F)cc2)ccc1[N+](=O)[O-]. The average molecular weight is 382 g/mol. The number of amides is 1. The number of alkyl halides is 3. The van der Waals surface area contributed by atoms with Crippen LogP contribution in [0.15, 0.2) is 42.5 Å². The smallest absolute Gasteiger partial charge is 0.416 e. The van der Waals surface area contributed by atoms with E-state index in [9.17, 15) is 32.9 Å². The molecule has 0 aromatic heterocycles. The summed E-state index contributed by atoms with van der Waals surface area (Å²) in [5.74, 6) is -1.61. The molecule has 2 aromatic carbocycles. The van der Waals surface area contributed by atoms with Crippen LogP contribution in [-0.2, 0) is 15.7 Å². The lowest BCUT2D eigenvalue weighted by atomic mass is 10.1. The summed E-state index contributed by atoms with van der Waals surface area (Å²) in [6.45, 7) is 0.780.